The van der Waals surface area contributed by atoms with E-state index in [-0.39, 0.29) is 0 Å². The molecular formula is C18H34O. The van der Waals surface area contributed by atoms with Gasteiger partial charge in [-0.1, -0.05) is 77.4 Å². The molecule has 1 nitrogen and oxygen atoms in total. The topological polar surface area (TPSA) is 12.5 Å². The Morgan fingerprint density at radius 1 is 0.737 bits per heavy atom. The van der Waals surface area contributed by atoms with Crippen molar-refractivity contribution in [2.24, 2.45) is 0 Å². The molecular weight excluding hydrogens is 232 g/mol. The van der Waals surface area contributed by atoms with Gasteiger partial charge in [0, 0.05) is 0 Å². The van der Waals surface area contributed by atoms with Gasteiger partial charge in [-0.25, -0.2) is 0 Å². The SMILES string of the molecule is CCCCCCCC/C=C\C[C@H]1O[C@@H]1CCCCC. The first-order valence-electron chi connectivity index (χ1n) is 8.69. The molecule has 0 aromatic carbocycles. The van der Waals surface area contributed by atoms with E-state index in [0.717, 1.165) is 6.42 Å². The second-order valence-electron chi connectivity index (χ2n) is 5.97. The van der Waals surface area contributed by atoms with Gasteiger partial charge in [-0.15, -0.1) is 0 Å². The van der Waals surface area contributed by atoms with Crippen molar-refractivity contribution < 1.29 is 4.74 Å². The van der Waals surface area contributed by atoms with Crippen LogP contribution in [0, 0.1) is 0 Å². The summed E-state index contributed by atoms with van der Waals surface area (Å²) in [6.07, 6.45) is 21.9. The molecule has 0 spiro atoms. The fourth-order valence-corrected chi connectivity index (χ4v) is 2.63. The first-order valence-corrected chi connectivity index (χ1v) is 8.69. The van der Waals surface area contributed by atoms with Gasteiger partial charge >= 0.3 is 0 Å². The average Bonchev–Trinajstić information content (AvgIpc) is 3.16. The van der Waals surface area contributed by atoms with E-state index in [1.54, 1.807) is 0 Å². The normalized spacial score (nSPS) is 22.2. The second kappa shape index (κ2) is 11.5. The summed E-state index contributed by atoms with van der Waals surface area (Å²) in [4.78, 5) is 0. The van der Waals surface area contributed by atoms with Gasteiger partial charge in [0.15, 0.2) is 0 Å². The maximum absolute atomic E-state index is 5.68. The zero-order chi connectivity index (χ0) is 13.8. The van der Waals surface area contributed by atoms with Crippen LogP contribution < -0.4 is 0 Å². The quantitative estimate of drug-likeness (QED) is 0.225. The molecule has 0 aromatic rings. The van der Waals surface area contributed by atoms with Gasteiger partial charge < -0.3 is 4.74 Å². The monoisotopic (exact) mass is 266 g/mol. The lowest BCUT2D eigenvalue weighted by Gasteiger charge is -1.97. The van der Waals surface area contributed by atoms with Crippen molar-refractivity contribution in [3.05, 3.63) is 12.2 Å². The Bertz CT molecular complexity index is 222. The van der Waals surface area contributed by atoms with E-state index in [0.29, 0.717) is 12.2 Å². The predicted octanol–water partition coefficient (Wildman–Crippen LogP) is 6.03. The van der Waals surface area contributed by atoms with E-state index >= 15 is 0 Å². The van der Waals surface area contributed by atoms with Gasteiger partial charge in [0.2, 0.25) is 0 Å². The molecule has 1 aliphatic heterocycles. The number of hydrogen-bond donors (Lipinski definition) is 0. The molecule has 0 unspecified atom stereocenters. The van der Waals surface area contributed by atoms with E-state index in [9.17, 15) is 0 Å². The summed E-state index contributed by atoms with van der Waals surface area (Å²) in [5.74, 6) is 0. The molecule has 112 valence electrons. The summed E-state index contributed by atoms with van der Waals surface area (Å²) in [5.41, 5.74) is 0. The molecule has 0 saturated carbocycles. The zero-order valence-corrected chi connectivity index (χ0v) is 13.2. The van der Waals surface area contributed by atoms with Crippen LogP contribution in [0.2, 0.25) is 0 Å². The number of epoxide rings is 1. The smallest absolute Gasteiger partial charge is 0.0876 e. The van der Waals surface area contributed by atoms with Crippen molar-refractivity contribution in [3.8, 4) is 0 Å². The molecule has 1 fully saturated rings. The predicted molar refractivity (Wildman–Crippen MR) is 84.6 cm³/mol. The van der Waals surface area contributed by atoms with Crippen LogP contribution in [0.25, 0.3) is 0 Å². The number of rotatable bonds is 13. The second-order valence-corrected chi connectivity index (χ2v) is 5.97. The molecule has 0 bridgehead atoms. The standard InChI is InChI=1S/C18H34O/c1-3-5-7-8-9-10-11-12-14-16-18-17(19-18)15-13-6-4-2/h12,14,17-18H,3-11,13,15-16H2,1-2H3/b14-12-/t17-,18-/m1/s1. The van der Waals surface area contributed by atoms with Crippen molar-refractivity contribution >= 4 is 0 Å². The minimum absolute atomic E-state index is 0.553. The van der Waals surface area contributed by atoms with Crippen LogP contribution in [-0.4, -0.2) is 12.2 Å². The minimum atomic E-state index is 0.553. The molecule has 2 atom stereocenters. The molecule has 1 heteroatoms. The van der Waals surface area contributed by atoms with Crippen LogP contribution in [0.3, 0.4) is 0 Å². The van der Waals surface area contributed by atoms with Gasteiger partial charge in [0.05, 0.1) is 12.2 Å². The van der Waals surface area contributed by atoms with E-state index in [1.165, 1.54) is 70.6 Å². The first-order chi connectivity index (χ1) is 9.38. The highest BCUT2D eigenvalue weighted by molar-refractivity contribution is 4.93. The summed E-state index contributed by atoms with van der Waals surface area (Å²) in [7, 11) is 0. The molecule has 1 aliphatic rings. The number of unbranched alkanes of at least 4 members (excludes halogenated alkanes) is 8. The molecule has 0 amide bonds. The Balaban J connectivity index is 1.81. The fraction of sp³-hybridized carbons (Fsp3) is 0.889. The lowest BCUT2D eigenvalue weighted by atomic mass is 10.1. The summed E-state index contributed by atoms with van der Waals surface area (Å²) in [6.45, 7) is 4.54. The van der Waals surface area contributed by atoms with E-state index in [2.05, 4.69) is 26.0 Å². The summed E-state index contributed by atoms with van der Waals surface area (Å²) in [5, 5.41) is 0. The number of allylic oxidation sites excluding steroid dienone is 1. The Morgan fingerprint density at radius 2 is 1.42 bits per heavy atom. The summed E-state index contributed by atoms with van der Waals surface area (Å²) in [6, 6.07) is 0. The molecule has 0 aromatic heterocycles. The highest BCUT2D eigenvalue weighted by Gasteiger charge is 2.36. The molecule has 1 rings (SSSR count). The summed E-state index contributed by atoms with van der Waals surface area (Å²) < 4.78 is 5.68. The molecule has 0 radical (unpaired) electrons. The molecule has 0 N–H and O–H groups in total. The Labute approximate surface area is 120 Å². The van der Waals surface area contributed by atoms with E-state index in [4.69, 9.17) is 4.74 Å². The van der Waals surface area contributed by atoms with Crippen LogP contribution in [0.1, 0.15) is 90.9 Å². The largest absolute Gasteiger partial charge is 0.369 e. The molecule has 0 aliphatic carbocycles. The van der Waals surface area contributed by atoms with Crippen LogP contribution in [0.15, 0.2) is 12.2 Å². The Morgan fingerprint density at radius 3 is 2.21 bits per heavy atom. The highest BCUT2D eigenvalue weighted by atomic mass is 16.6. The third-order valence-corrected chi connectivity index (χ3v) is 4.04. The summed E-state index contributed by atoms with van der Waals surface area (Å²) >= 11 is 0. The van der Waals surface area contributed by atoms with Gasteiger partial charge in [-0.3, -0.25) is 0 Å². The first kappa shape index (κ1) is 16.8. The Kier molecular flexibility index (Phi) is 10.2. The van der Waals surface area contributed by atoms with Gasteiger partial charge in [-0.05, 0) is 25.7 Å². The van der Waals surface area contributed by atoms with Crippen molar-refractivity contribution in [2.45, 2.75) is 103 Å². The van der Waals surface area contributed by atoms with E-state index < -0.39 is 0 Å². The van der Waals surface area contributed by atoms with Crippen molar-refractivity contribution in [1.82, 2.24) is 0 Å². The maximum atomic E-state index is 5.68. The maximum Gasteiger partial charge on any atom is 0.0876 e. The van der Waals surface area contributed by atoms with Gasteiger partial charge in [0.1, 0.15) is 0 Å². The van der Waals surface area contributed by atoms with Crippen molar-refractivity contribution in [1.29, 1.82) is 0 Å². The van der Waals surface area contributed by atoms with Gasteiger partial charge in [0.25, 0.3) is 0 Å². The van der Waals surface area contributed by atoms with Crippen LogP contribution in [0.4, 0.5) is 0 Å². The van der Waals surface area contributed by atoms with E-state index in [1.807, 2.05) is 0 Å². The minimum Gasteiger partial charge on any atom is -0.369 e. The molecule has 1 heterocycles. The number of ether oxygens (including phenoxy) is 1. The highest BCUT2D eigenvalue weighted by Crippen LogP contribution is 2.30. The molecule has 19 heavy (non-hydrogen) atoms. The fourth-order valence-electron chi connectivity index (χ4n) is 2.63. The Hall–Kier alpha value is -0.300. The van der Waals surface area contributed by atoms with Crippen molar-refractivity contribution in [3.63, 3.8) is 0 Å². The lowest BCUT2D eigenvalue weighted by molar-refractivity contribution is 0.359. The third kappa shape index (κ3) is 9.27. The van der Waals surface area contributed by atoms with Crippen LogP contribution in [0.5, 0.6) is 0 Å². The van der Waals surface area contributed by atoms with Crippen LogP contribution >= 0.6 is 0 Å². The third-order valence-electron chi connectivity index (χ3n) is 4.04. The number of hydrogen-bond acceptors (Lipinski definition) is 1. The van der Waals surface area contributed by atoms with Crippen LogP contribution in [-0.2, 0) is 4.74 Å². The molecule has 1 saturated heterocycles. The van der Waals surface area contributed by atoms with Crippen molar-refractivity contribution in [2.75, 3.05) is 0 Å². The van der Waals surface area contributed by atoms with Gasteiger partial charge in [-0.2, -0.15) is 0 Å². The lowest BCUT2D eigenvalue weighted by Crippen LogP contribution is -1.92. The average molecular weight is 266 g/mol. The zero-order valence-electron chi connectivity index (χ0n) is 13.2.